The Bertz CT molecular complexity index is 3750. The average molecular weight is 731 g/mol. The molecule has 0 spiro atoms. The Labute approximate surface area is 323 Å². The van der Waals surface area contributed by atoms with Gasteiger partial charge in [-0.05, 0) is 108 Å². The third kappa shape index (κ3) is 4.28. The van der Waals surface area contributed by atoms with Crippen molar-refractivity contribution in [1.29, 1.82) is 10.5 Å². The van der Waals surface area contributed by atoms with Crippen LogP contribution in [0.25, 0.3) is 108 Å². The summed E-state index contributed by atoms with van der Waals surface area (Å²) in [5.41, 5.74) is 11.5. The minimum Gasteiger partial charge on any atom is -0.456 e. The van der Waals surface area contributed by atoms with E-state index in [1.807, 2.05) is 36.4 Å². The topological polar surface area (TPSA) is 70.6 Å². The summed E-state index contributed by atoms with van der Waals surface area (Å²) in [5.74, 6) is 0. The molecule has 0 bridgehead atoms. The van der Waals surface area contributed by atoms with E-state index in [0.29, 0.717) is 11.1 Å². The minimum absolute atomic E-state index is 0.649. The van der Waals surface area contributed by atoms with Crippen molar-refractivity contribution >= 4 is 97.1 Å². The van der Waals surface area contributed by atoms with Crippen LogP contribution in [0.2, 0.25) is 0 Å². The molecule has 0 saturated heterocycles. The largest absolute Gasteiger partial charge is 0.456 e. The molecule has 258 valence electrons. The van der Waals surface area contributed by atoms with E-state index in [-0.39, 0.29) is 0 Å². The van der Waals surface area contributed by atoms with Crippen LogP contribution in [0.4, 0.5) is 0 Å². The van der Waals surface area contributed by atoms with Gasteiger partial charge in [-0.3, -0.25) is 0 Å². The van der Waals surface area contributed by atoms with Crippen LogP contribution >= 0.6 is 11.3 Å². The standard InChI is InChI=1S/C50H26N4OS/c51-27-29-12-17-45-38(22-29)36-8-2-3-10-43(36)53(45)33-15-19-47-40(25-33)39-23-30(13-18-46(39)55-47)31-14-20-48-41(24-31)42-26-34(16-21-49(42)56-48)54-44-11-4-1-7-35(44)37-9-5-6-32(28-52)50(37)54/h1-26H. The highest BCUT2D eigenvalue weighted by molar-refractivity contribution is 7.25. The number of hydrogen-bond acceptors (Lipinski definition) is 4. The summed E-state index contributed by atoms with van der Waals surface area (Å²) >= 11 is 1.80. The van der Waals surface area contributed by atoms with Crippen LogP contribution in [0.5, 0.6) is 0 Å². The SMILES string of the molecule is N#Cc1ccc2c(c1)c1ccccc1n2-c1ccc2oc3ccc(-c4ccc5sc6ccc(-n7c8ccccc8c8cccc(C#N)c87)cc6c5c4)cc3c2c1. The molecular formula is C50H26N4OS. The van der Waals surface area contributed by atoms with Crippen LogP contribution in [0.1, 0.15) is 11.1 Å². The molecule has 0 aliphatic rings. The van der Waals surface area contributed by atoms with Gasteiger partial charge in [0.1, 0.15) is 17.2 Å². The van der Waals surface area contributed by atoms with Crippen molar-refractivity contribution in [3.05, 3.63) is 169 Å². The van der Waals surface area contributed by atoms with Crippen molar-refractivity contribution in [2.75, 3.05) is 0 Å². The van der Waals surface area contributed by atoms with Gasteiger partial charge in [-0.15, -0.1) is 11.3 Å². The van der Waals surface area contributed by atoms with Gasteiger partial charge in [0.2, 0.25) is 0 Å². The molecule has 0 aliphatic heterocycles. The van der Waals surface area contributed by atoms with Gasteiger partial charge in [0.25, 0.3) is 0 Å². The molecular weight excluding hydrogens is 705 g/mol. The molecule has 0 amide bonds. The molecule has 6 heteroatoms. The zero-order chi connectivity index (χ0) is 37.1. The molecule has 0 aliphatic carbocycles. The van der Waals surface area contributed by atoms with E-state index < -0.39 is 0 Å². The number of thiophene rings is 1. The maximum absolute atomic E-state index is 10.1. The zero-order valence-corrected chi connectivity index (χ0v) is 30.4. The number of nitrogens with zero attached hydrogens (tertiary/aromatic N) is 4. The summed E-state index contributed by atoms with van der Waals surface area (Å²) in [4.78, 5) is 0. The van der Waals surface area contributed by atoms with Crippen LogP contribution in [-0.4, -0.2) is 9.13 Å². The van der Waals surface area contributed by atoms with Crippen molar-refractivity contribution in [2.45, 2.75) is 0 Å². The van der Waals surface area contributed by atoms with Crippen LogP contribution < -0.4 is 0 Å². The maximum atomic E-state index is 10.1. The van der Waals surface area contributed by atoms with Crippen LogP contribution in [-0.2, 0) is 0 Å². The molecule has 8 aromatic carbocycles. The lowest BCUT2D eigenvalue weighted by atomic mass is 10.0. The minimum atomic E-state index is 0.649. The van der Waals surface area contributed by atoms with Gasteiger partial charge in [0.05, 0.1) is 39.3 Å². The molecule has 0 saturated carbocycles. The quantitative estimate of drug-likeness (QED) is 0.182. The Morgan fingerprint density at radius 1 is 0.429 bits per heavy atom. The Morgan fingerprint density at radius 3 is 1.82 bits per heavy atom. The highest BCUT2D eigenvalue weighted by Gasteiger charge is 2.18. The van der Waals surface area contributed by atoms with Gasteiger partial charge in [0, 0.05) is 63.9 Å². The fraction of sp³-hybridized carbons (Fsp3) is 0. The number of aromatic nitrogens is 2. The fourth-order valence-corrected chi connectivity index (χ4v) is 9.93. The fourth-order valence-electron chi connectivity index (χ4n) is 8.87. The second-order valence-corrected chi connectivity index (χ2v) is 15.4. The number of para-hydroxylation sites is 3. The normalized spacial score (nSPS) is 11.9. The molecule has 4 aromatic heterocycles. The molecule has 5 nitrogen and oxygen atoms in total. The number of furan rings is 1. The molecule has 12 rings (SSSR count). The van der Waals surface area contributed by atoms with E-state index in [4.69, 9.17) is 4.42 Å². The second-order valence-electron chi connectivity index (χ2n) is 14.3. The van der Waals surface area contributed by atoms with Crippen LogP contribution in [0.3, 0.4) is 0 Å². The van der Waals surface area contributed by atoms with Gasteiger partial charge in [-0.2, -0.15) is 10.5 Å². The molecule has 0 fully saturated rings. The Hall–Kier alpha value is -7.64. The Balaban J connectivity index is 1.01. The third-order valence-corrected chi connectivity index (χ3v) is 12.5. The molecule has 0 atom stereocenters. The maximum Gasteiger partial charge on any atom is 0.135 e. The van der Waals surface area contributed by atoms with Gasteiger partial charge >= 0.3 is 0 Å². The number of hydrogen-bond donors (Lipinski definition) is 0. The summed E-state index contributed by atoms with van der Waals surface area (Å²) in [6.07, 6.45) is 0. The average Bonchev–Trinajstić information content (AvgIpc) is 4.00. The second kappa shape index (κ2) is 11.4. The van der Waals surface area contributed by atoms with Crippen molar-refractivity contribution < 1.29 is 4.42 Å². The van der Waals surface area contributed by atoms with E-state index in [0.717, 1.165) is 88.1 Å². The Morgan fingerprint density at radius 2 is 1.02 bits per heavy atom. The van der Waals surface area contributed by atoms with Crippen LogP contribution in [0, 0.1) is 22.7 Å². The van der Waals surface area contributed by atoms with E-state index in [1.54, 1.807) is 11.3 Å². The van der Waals surface area contributed by atoms with E-state index in [2.05, 4.69) is 143 Å². The highest BCUT2D eigenvalue weighted by atomic mass is 32.1. The van der Waals surface area contributed by atoms with E-state index in [1.165, 1.54) is 20.2 Å². The predicted molar refractivity (Wildman–Crippen MR) is 230 cm³/mol. The van der Waals surface area contributed by atoms with Crippen LogP contribution in [0.15, 0.2) is 162 Å². The molecule has 0 unspecified atom stereocenters. The van der Waals surface area contributed by atoms with Gasteiger partial charge in [0.15, 0.2) is 0 Å². The smallest absolute Gasteiger partial charge is 0.135 e. The predicted octanol–water partition coefficient (Wildman–Crippen LogP) is 13.6. The van der Waals surface area contributed by atoms with Gasteiger partial charge in [-0.1, -0.05) is 60.7 Å². The lowest BCUT2D eigenvalue weighted by Gasteiger charge is -2.09. The third-order valence-electron chi connectivity index (χ3n) is 11.4. The number of rotatable bonds is 3. The molecule has 0 N–H and O–H groups in total. The lowest BCUT2D eigenvalue weighted by Crippen LogP contribution is -1.95. The number of fused-ring (bicyclic) bond motifs is 12. The summed E-state index contributed by atoms with van der Waals surface area (Å²) in [6, 6.07) is 59.7. The summed E-state index contributed by atoms with van der Waals surface area (Å²) < 4.78 is 13.4. The van der Waals surface area contributed by atoms with Crippen molar-refractivity contribution in [2.24, 2.45) is 0 Å². The number of nitriles is 2. The first-order valence-corrected chi connectivity index (χ1v) is 19.3. The van der Waals surface area contributed by atoms with Gasteiger partial charge < -0.3 is 13.6 Å². The molecule has 12 aromatic rings. The summed E-state index contributed by atoms with van der Waals surface area (Å²) in [6.45, 7) is 0. The summed E-state index contributed by atoms with van der Waals surface area (Å²) in [5, 5.41) is 28.7. The highest BCUT2D eigenvalue weighted by Crippen LogP contribution is 2.42. The van der Waals surface area contributed by atoms with E-state index >= 15 is 0 Å². The number of benzene rings is 8. The van der Waals surface area contributed by atoms with Crippen molar-refractivity contribution in [1.82, 2.24) is 9.13 Å². The van der Waals surface area contributed by atoms with E-state index in [9.17, 15) is 10.5 Å². The first-order chi connectivity index (χ1) is 27.6. The zero-order valence-electron chi connectivity index (χ0n) is 29.6. The molecule has 4 heterocycles. The monoisotopic (exact) mass is 730 g/mol. The first kappa shape index (κ1) is 30.8. The summed E-state index contributed by atoms with van der Waals surface area (Å²) in [7, 11) is 0. The lowest BCUT2D eigenvalue weighted by molar-refractivity contribution is 0.669. The molecule has 0 radical (unpaired) electrons. The van der Waals surface area contributed by atoms with Crippen molar-refractivity contribution in [3.8, 4) is 34.6 Å². The van der Waals surface area contributed by atoms with Gasteiger partial charge in [-0.25, -0.2) is 0 Å². The molecule has 56 heavy (non-hydrogen) atoms. The van der Waals surface area contributed by atoms with Crippen molar-refractivity contribution in [3.63, 3.8) is 0 Å². The first-order valence-electron chi connectivity index (χ1n) is 18.4. The Kier molecular flexibility index (Phi) is 6.28.